The average Bonchev–Trinajstić information content (AvgIpc) is 2.39. The fraction of sp³-hybridized carbons (Fsp3) is 0.143. The first-order valence-corrected chi connectivity index (χ1v) is 7.30. The lowest BCUT2D eigenvalue weighted by molar-refractivity contribution is 0.218. The molecule has 0 aliphatic carbocycles. The summed E-state index contributed by atoms with van der Waals surface area (Å²) in [6.07, 6.45) is 0. The Morgan fingerprint density at radius 3 is 2.16 bits per heavy atom. The SMILES string of the molecule is Nc1cc(Br)ccc1OCCOc1ccc(Br)cc1. The summed E-state index contributed by atoms with van der Waals surface area (Å²) in [5.74, 6) is 1.48. The van der Waals surface area contributed by atoms with E-state index in [-0.39, 0.29) is 0 Å². The molecule has 0 bridgehead atoms. The first kappa shape index (κ1) is 14.2. The second-order valence-corrected chi connectivity index (χ2v) is 5.66. The minimum absolute atomic E-state index is 0.446. The van der Waals surface area contributed by atoms with Crippen molar-refractivity contribution in [1.29, 1.82) is 0 Å². The summed E-state index contributed by atoms with van der Waals surface area (Å²) in [6.45, 7) is 0.916. The lowest BCUT2D eigenvalue weighted by atomic mass is 10.3. The molecule has 0 amide bonds. The number of rotatable bonds is 5. The van der Waals surface area contributed by atoms with Crippen LogP contribution < -0.4 is 15.2 Å². The molecule has 0 heterocycles. The molecule has 2 aromatic carbocycles. The maximum atomic E-state index is 5.83. The van der Waals surface area contributed by atoms with E-state index in [1.165, 1.54) is 0 Å². The highest BCUT2D eigenvalue weighted by molar-refractivity contribution is 9.10. The Hall–Kier alpha value is -1.20. The third-order valence-electron chi connectivity index (χ3n) is 2.40. The van der Waals surface area contributed by atoms with Gasteiger partial charge in [0.2, 0.25) is 0 Å². The first-order chi connectivity index (χ1) is 9.15. The van der Waals surface area contributed by atoms with Gasteiger partial charge in [-0.1, -0.05) is 31.9 Å². The number of nitrogen functional groups attached to an aromatic ring is 1. The van der Waals surface area contributed by atoms with E-state index >= 15 is 0 Å². The summed E-state index contributed by atoms with van der Waals surface area (Å²) >= 11 is 6.72. The van der Waals surface area contributed by atoms with Gasteiger partial charge in [-0.3, -0.25) is 0 Å². The van der Waals surface area contributed by atoms with Gasteiger partial charge in [0.1, 0.15) is 24.7 Å². The van der Waals surface area contributed by atoms with E-state index in [4.69, 9.17) is 15.2 Å². The van der Waals surface area contributed by atoms with Crippen LogP contribution in [0.3, 0.4) is 0 Å². The van der Waals surface area contributed by atoms with Crippen LogP contribution in [-0.4, -0.2) is 13.2 Å². The number of ether oxygens (including phenoxy) is 2. The van der Waals surface area contributed by atoms with Crippen LogP contribution in [0, 0.1) is 0 Å². The van der Waals surface area contributed by atoms with E-state index < -0.39 is 0 Å². The van der Waals surface area contributed by atoms with Crippen molar-refractivity contribution in [3.63, 3.8) is 0 Å². The zero-order valence-electron chi connectivity index (χ0n) is 10.1. The molecule has 0 saturated carbocycles. The van der Waals surface area contributed by atoms with Crippen molar-refractivity contribution in [2.24, 2.45) is 0 Å². The second kappa shape index (κ2) is 6.82. The smallest absolute Gasteiger partial charge is 0.142 e. The van der Waals surface area contributed by atoms with Crippen molar-refractivity contribution in [3.8, 4) is 11.5 Å². The fourth-order valence-electron chi connectivity index (χ4n) is 1.49. The van der Waals surface area contributed by atoms with Crippen molar-refractivity contribution < 1.29 is 9.47 Å². The molecular weight excluding hydrogens is 374 g/mol. The van der Waals surface area contributed by atoms with E-state index in [9.17, 15) is 0 Å². The molecule has 100 valence electrons. The van der Waals surface area contributed by atoms with E-state index in [0.717, 1.165) is 14.7 Å². The summed E-state index contributed by atoms with van der Waals surface area (Å²) < 4.78 is 13.1. The summed E-state index contributed by atoms with van der Waals surface area (Å²) in [5.41, 5.74) is 6.44. The molecule has 3 nitrogen and oxygen atoms in total. The molecule has 5 heteroatoms. The molecule has 2 rings (SSSR count). The van der Waals surface area contributed by atoms with Gasteiger partial charge in [0, 0.05) is 8.95 Å². The van der Waals surface area contributed by atoms with Crippen LogP contribution in [0.2, 0.25) is 0 Å². The predicted molar refractivity (Wildman–Crippen MR) is 83.7 cm³/mol. The number of hydrogen-bond donors (Lipinski definition) is 1. The molecule has 2 aromatic rings. The lowest BCUT2D eigenvalue weighted by Gasteiger charge is -2.10. The molecule has 0 spiro atoms. The van der Waals surface area contributed by atoms with Crippen LogP contribution in [0.15, 0.2) is 51.4 Å². The number of hydrogen-bond acceptors (Lipinski definition) is 3. The molecule has 0 fully saturated rings. The molecule has 0 aromatic heterocycles. The molecule has 0 unspecified atom stereocenters. The van der Waals surface area contributed by atoms with Gasteiger partial charge >= 0.3 is 0 Å². The van der Waals surface area contributed by atoms with Gasteiger partial charge in [-0.15, -0.1) is 0 Å². The molecule has 0 saturated heterocycles. The third-order valence-corrected chi connectivity index (χ3v) is 3.42. The number of nitrogens with two attached hydrogens (primary N) is 1. The van der Waals surface area contributed by atoms with Crippen molar-refractivity contribution in [3.05, 3.63) is 51.4 Å². The van der Waals surface area contributed by atoms with Crippen LogP contribution in [0.4, 0.5) is 5.69 Å². The standard InChI is InChI=1S/C14H13Br2NO2/c15-10-1-4-12(5-2-10)18-7-8-19-14-6-3-11(16)9-13(14)17/h1-6,9H,7-8,17H2. The Bertz CT molecular complexity index is 544. The van der Waals surface area contributed by atoms with Crippen LogP contribution >= 0.6 is 31.9 Å². The van der Waals surface area contributed by atoms with Gasteiger partial charge in [0.25, 0.3) is 0 Å². The molecule has 19 heavy (non-hydrogen) atoms. The number of anilines is 1. The topological polar surface area (TPSA) is 44.5 Å². The summed E-state index contributed by atoms with van der Waals surface area (Å²) in [4.78, 5) is 0. The fourth-order valence-corrected chi connectivity index (χ4v) is 2.14. The lowest BCUT2D eigenvalue weighted by Crippen LogP contribution is -2.09. The van der Waals surface area contributed by atoms with Gasteiger partial charge in [0.15, 0.2) is 0 Å². The normalized spacial score (nSPS) is 10.2. The average molecular weight is 387 g/mol. The van der Waals surface area contributed by atoms with Gasteiger partial charge < -0.3 is 15.2 Å². The van der Waals surface area contributed by atoms with Gasteiger partial charge in [-0.2, -0.15) is 0 Å². The minimum atomic E-state index is 0.446. The van der Waals surface area contributed by atoms with Crippen LogP contribution in [0.25, 0.3) is 0 Å². The quantitative estimate of drug-likeness (QED) is 0.617. The van der Waals surface area contributed by atoms with Gasteiger partial charge in [0.05, 0.1) is 5.69 Å². The maximum absolute atomic E-state index is 5.83. The highest BCUT2D eigenvalue weighted by atomic mass is 79.9. The van der Waals surface area contributed by atoms with E-state index in [0.29, 0.717) is 24.7 Å². The molecule has 0 radical (unpaired) electrons. The van der Waals surface area contributed by atoms with Gasteiger partial charge in [-0.25, -0.2) is 0 Å². The number of halogens is 2. The largest absolute Gasteiger partial charge is 0.490 e. The first-order valence-electron chi connectivity index (χ1n) is 5.71. The summed E-state index contributed by atoms with van der Waals surface area (Å²) in [5, 5.41) is 0. The van der Waals surface area contributed by atoms with Crippen LogP contribution in [0.5, 0.6) is 11.5 Å². The van der Waals surface area contributed by atoms with Gasteiger partial charge in [-0.05, 0) is 42.5 Å². The zero-order valence-corrected chi connectivity index (χ0v) is 13.3. The van der Waals surface area contributed by atoms with Crippen molar-refractivity contribution in [1.82, 2.24) is 0 Å². The van der Waals surface area contributed by atoms with Crippen LogP contribution in [-0.2, 0) is 0 Å². The Morgan fingerprint density at radius 1 is 0.842 bits per heavy atom. The van der Waals surface area contributed by atoms with Crippen molar-refractivity contribution >= 4 is 37.5 Å². The monoisotopic (exact) mass is 385 g/mol. The highest BCUT2D eigenvalue weighted by Gasteiger charge is 2.01. The van der Waals surface area contributed by atoms with Crippen molar-refractivity contribution in [2.75, 3.05) is 18.9 Å². The maximum Gasteiger partial charge on any atom is 0.142 e. The Labute approximate surface area is 129 Å². The third kappa shape index (κ3) is 4.44. The molecule has 0 aliphatic rings. The molecule has 0 atom stereocenters. The minimum Gasteiger partial charge on any atom is -0.490 e. The Balaban J connectivity index is 1.79. The molecular formula is C14H13Br2NO2. The van der Waals surface area contributed by atoms with Crippen molar-refractivity contribution in [2.45, 2.75) is 0 Å². The number of benzene rings is 2. The van der Waals surface area contributed by atoms with E-state index in [1.54, 1.807) is 0 Å². The Kier molecular flexibility index (Phi) is 5.10. The second-order valence-electron chi connectivity index (χ2n) is 3.83. The highest BCUT2D eigenvalue weighted by Crippen LogP contribution is 2.25. The van der Waals surface area contributed by atoms with Crippen LogP contribution in [0.1, 0.15) is 0 Å². The summed E-state index contributed by atoms with van der Waals surface area (Å²) in [6, 6.07) is 13.2. The molecule has 2 N–H and O–H groups in total. The Morgan fingerprint density at radius 2 is 1.47 bits per heavy atom. The zero-order chi connectivity index (χ0) is 13.7. The van der Waals surface area contributed by atoms with E-state index in [2.05, 4.69) is 31.9 Å². The molecule has 0 aliphatic heterocycles. The summed E-state index contributed by atoms with van der Waals surface area (Å²) in [7, 11) is 0. The predicted octanol–water partition coefficient (Wildman–Crippen LogP) is 4.25. The van der Waals surface area contributed by atoms with E-state index in [1.807, 2.05) is 42.5 Å².